The van der Waals surface area contributed by atoms with Crippen molar-refractivity contribution in [3.05, 3.63) is 67.3 Å². The molecule has 0 saturated heterocycles. The Labute approximate surface area is 185 Å². The van der Waals surface area contributed by atoms with E-state index in [1.807, 2.05) is 0 Å². The number of nitro benzene ring substituents is 1. The lowest BCUT2D eigenvalue weighted by Crippen LogP contribution is -2.06. The van der Waals surface area contributed by atoms with E-state index < -0.39 is 16.9 Å². The van der Waals surface area contributed by atoms with Gasteiger partial charge in [0.1, 0.15) is 0 Å². The van der Waals surface area contributed by atoms with Crippen molar-refractivity contribution in [3.63, 3.8) is 0 Å². The van der Waals surface area contributed by atoms with E-state index in [0.29, 0.717) is 33.5 Å². The van der Waals surface area contributed by atoms with Gasteiger partial charge in [0, 0.05) is 24.1 Å². The molecule has 0 radical (unpaired) electrons. The average Bonchev–Trinajstić information content (AvgIpc) is 3.04. The Morgan fingerprint density at radius 1 is 1.32 bits per heavy atom. The minimum Gasteiger partial charge on any atom is -0.490 e. The Morgan fingerprint density at radius 2 is 2.06 bits per heavy atom. The number of nitro groups is 1. The summed E-state index contributed by atoms with van der Waals surface area (Å²) in [5.74, 6) is -0.560. The molecule has 160 valence electrons. The van der Waals surface area contributed by atoms with Gasteiger partial charge in [0.05, 0.1) is 16.0 Å². The van der Waals surface area contributed by atoms with Crippen LogP contribution < -0.4 is 9.47 Å². The van der Waals surface area contributed by atoms with Gasteiger partial charge in [-0.25, -0.2) is 9.79 Å². The summed E-state index contributed by atoms with van der Waals surface area (Å²) < 4.78 is 16.4. The Bertz CT molecular complexity index is 1150. The third kappa shape index (κ3) is 4.97. The Morgan fingerprint density at radius 3 is 2.68 bits per heavy atom. The van der Waals surface area contributed by atoms with Crippen molar-refractivity contribution in [1.82, 2.24) is 0 Å². The van der Waals surface area contributed by atoms with E-state index in [1.165, 1.54) is 31.2 Å². The van der Waals surface area contributed by atoms with Crippen molar-refractivity contribution in [2.45, 2.75) is 20.8 Å². The maximum Gasteiger partial charge on any atom is 0.363 e. The van der Waals surface area contributed by atoms with Gasteiger partial charge in [0.15, 0.2) is 17.2 Å². The molecule has 2 aromatic carbocycles. The van der Waals surface area contributed by atoms with Crippen molar-refractivity contribution in [3.8, 4) is 11.5 Å². The summed E-state index contributed by atoms with van der Waals surface area (Å²) in [5, 5.41) is 11.0. The first-order valence-corrected chi connectivity index (χ1v) is 9.91. The molecular weight excluding hydrogens is 472 g/mol. The Balaban J connectivity index is 1.97. The maximum atomic E-state index is 12.3. The van der Waals surface area contributed by atoms with Crippen LogP contribution in [0.15, 0.2) is 45.5 Å². The Hall–Kier alpha value is -3.53. The first-order valence-electron chi connectivity index (χ1n) is 9.12. The summed E-state index contributed by atoms with van der Waals surface area (Å²) in [4.78, 5) is 38.4. The van der Waals surface area contributed by atoms with Gasteiger partial charge in [0.2, 0.25) is 5.90 Å². The number of hydrogen-bond donors (Lipinski definition) is 0. The standard InChI is InChI=1S/C21H17BrN2O7/c1-4-29-18-10-13(8-15(22)19(18)30-12(3)25)9-16-21(26)31-20(23-16)14-5-6-17(24(27)28)11(2)7-14/h5-10H,4H2,1-3H3/b16-9+. The second kappa shape index (κ2) is 9.09. The second-order valence-electron chi connectivity index (χ2n) is 6.45. The molecule has 3 rings (SSSR count). The van der Waals surface area contributed by atoms with Gasteiger partial charge in [-0.1, -0.05) is 0 Å². The molecule has 0 aromatic heterocycles. The number of aryl methyl sites for hydroxylation is 1. The zero-order valence-electron chi connectivity index (χ0n) is 16.8. The molecule has 1 aliphatic heterocycles. The third-order valence-electron chi connectivity index (χ3n) is 4.14. The zero-order valence-corrected chi connectivity index (χ0v) is 18.4. The van der Waals surface area contributed by atoms with Crippen LogP contribution in [0, 0.1) is 17.0 Å². The van der Waals surface area contributed by atoms with Gasteiger partial charge in [-0.15, -0.1) is 0 Å². The number of rotatable bonds is 6. The van der Waals surface area contributed by atoms with Gasteiger partial charge >= 0.3 is 11.9 Å². The normalized spacial score (nSPS) is 14.3. The van der Waals surface area contributed by atoms with Crippen molar-refractivity contribution in [2.24, 2.45) is 4.99 Å². The topological polar surface area (TPSA) is 117 Å². The van der Waals surface area contributed by atoms with Gasteiger partial charge in [-0.2, -0.15) is 0 Å². The first-order chi connectivity index (χ1) is 14.7. The van der Waals surface area contributed by atoms with Crippen LogP contribution in [0.1, 0.15) is 30.5 Å². The van der Waals surface area contributed by atoms with Gasteiger partial charge in [-0.05, 0) is 65.7 Å². The largest absolute Gasteiger partial charge is 0.490 e. The van der Waals surface area contributed by atoms with Crippen LogP contribution in [0.25, 0.3) is 6.08 Å². The highest BCUT2D eigenvalue weighted by molar-refractivity contribution is 9.10. The van der Waals surface area contributed by atoms with Crippen LogP contribution in [-0.4, -0.2) is 29.4 Å². The van der Waals surface area contributed by atoms with E-state index in [1.54, 1.807) is 26.0 Å². The number of carbonyl (C=O) groups excluding carboxylic acids is 2. The summed E-state index contributed by atoms with van der Waals surface area (Å²) >= 11 is 3.34. The van der Waals surface area contributed by atoms with E-state index in [9.17, 15) is 19.7 Å². The summed E-state index contributed by atoms with van der Waals surface area (Å²) in [6.45, 7) is 4.99. The van der Waals surface area contributed by atoms with Gasteiger partial charge in [-0.3, -0.25) is 14.9 Å². The smallest absolute Gasteiger partial charge is 0.363 e. The van der Waals surface area contributed by atoms with Crippen molar-refractivity contribution < 1.29 is 28.7 Å². The molecule has 1 aliphatic rings. The summed E-state index contributed by atoms with van der Waals surface area (Å²) in [5.41, 5.74) is 1.43. The predicted octanol–water partition coefficient (Wildman–Crippen LogP) is 4.33. The number of aliphatic imine (C=N–C) groups is 1. The molecule has 0 amide bonds. The maximum absolute atomic E-state index is 12.3. The highest BCUT2D eigenvalue weighted by Gasteiger charge is 2.26. The SMILES string of the molecule is CCOc1cc(/C=C2/N=C(c3ccc([N+](=O)[O-])c(C)c3)OC2=O)cc(Br)c1OC(C)=O. The third-order valence-corrected chi connectivity index (χ3v) is 4.73. The summed E-state index contributed by atoms with van der Waals surface area (Å²) in [7, 11) is 0. The zero-order chi connectivity index (χ0) is 22.7. The number of hydrogen-bond acceptors (Lipinski definition) is 8. The van der Waals surface area contributed by atoms with E-state index in [2.05, 4.69) is 20.9 Å². The molecule has 9 nitrogen and oxygen atoms in total. The average molecular weight is 489 g/mol. The second-order valence-corrected chi connectivity index (χ2v) is 7.31. The van der Waals surface area contributed by atoms with Gasteiger partial charge < -0.3 is 14.2 Å². The van der Waals surface area contributed by atoms with E-state index >= 15 is 0 Å². The molecule has 10 heteroatoms. The van der Waals surface area contributed by atoms with Gasteiger partial charge in [0.25, 0.3) is 5.69 Å². The molecule has 31 heavy (non-hydrogen) atoms. The number of carbonyl (C=O) groups is 2. The molecule has 0 atom stereocenters. The lowest BCUT2D eigenvalue weighted by molar-refractivity contribution is -0.385. The molecule has 0 N–H and O–H groups in total. The van der Waals surface area contributed by atoms with Crippen LogP contribution >= 0.6 is 15.9 Å². The molecule has 2 aromatic rings. The van der Waals surface area contributed by atoms with E-state index in [-0.39, 0.29) is 23.0 Å². The number of nitrogens with zero attached hydrogens (tertiary/aromatic N) is 2. The van der Waals surface area contributed by atoms with Crippen molar-refractivity contribution >= 4 is 45.5 Å². The number of cyclic esters (lactones) is 1. The molecule has 0 fully saturated rings. The monoisotopic (exact) mass is 488 g/mol. The fraction of sp³-hybridized carbons (Fsp3) is 0.190. The highest BCUT2D eigenvalue weighted by Crippen LogP contribution is 2.38. The molecule has 0 unspecified atom stereocenters. The minimum absolute atomic E-state index is 0.0365. The van der Waals surface area contributed by atoms with Crippen LogP contribution in [0.3, 0.4) is 0 Å². The van der Waals surface area contributed by atoms with Crippen LogP contribution in [0.4, 0.5) is 5.69 Å². The number of ether oxygens (including phenoxy) is 3. The first kappa shape index (κ1) is 22.2. The molecule has 0 aliphatic carbocycles. The number of halogens is 1. The molecule has 0 spiro atoms. The minimum atomic E-state index is -0.663. The molecular formula is C21H17BrN2O7. The molecule has 0 saturated carbocycles. The molecule has 1 heterocycles. The number of esters is 2. The van der Waals surface area contributed by atoms with Crippen molar-refractivity contribution in [1.29, 1.82) is 0 Å². The predicted molar refractivity (Wildman–Crippen MR) is 115 cm³/mol. The highest BCUT2D eigenvalue weighted by atomic mass is 79.9. The van der Waals surface area contributed by atoms with E-state index in [0.717, 1.165) is 0 Å². The van der Waals surface area contributed by atoms with Crippen LogP contribution in [-0.2, 0) is 14.3 Å². The summed E-state index contributed by atoms with van der Waals surface area (Å²) in [6.07, 6.45) is 1.50. The summed E-state index contributed by atoms with van der Waals surface area (Å²) in [6, 6.07) is 7.59. The fourth-order valence-corrected chi connectivity index (χ4v) is 3.40. The van der Waals surface area contributed by atoms with Crippen molar-refractivity contribution in [2.75, 3.05) is 6.61 Å². The number of benzene rings is 2. The van der Waals surface area contributed by atoms with Crippen LogP contribution in [0.5, 0.6) is 11.5 Å². The van der Waals surface area contributed by atoms with Crippen LogP contribution in [0.2, 0.25) is 0 Å². The lowest BCUT2D eigenvalue weighted by atomic mass is 10.1. The van der Waals surface area contributed by atoms with E-state index in [4.69, 9.17) is 14.2 Å². The Kier molecular flexibility index (Phi) is 6.50. The fourth-order valence-electron chi connectivity index (χ4n) is 2.86. The lowest BCUT2D eigenvalue weighted by Gasteiger charge is -2.12. The quantitative estimate of drug-likeness (QED) is 0.195. The molecule has 0 bridgehead atoms.